The second-order valence-corrected chi connectivity index (χ2v) is 9.06. The lowest BCUT2D eigenvalue weighted by molar-refractivity contribution is -0.136. The number of hydrogen-bond donors (Lipinski definition) is 3. The third kappa shape index (κ3) is 7.83. The zero-order chi connectivity index (χ0) is 24.5. The summed E-state index contributed by atoms with van der Waals surface area (Å²) in [6.07, 6.45) is -0.519. The number of carboxylic acid groups (broad SMARTS) is 1. The first-order chi connectivity index (χ1) is 16.3. The highest BCUT2D eigenvalue weighted by Gasteiger charge is 2.20. The third-order valence-corrected chi connectivity index (χ3v) is 6.20. The smallest absolute Gasteiger partial charge is 0.411 e. The number of carboxylic acids is 1. The molecule has 2 amide bonds. The predicted molar refractivity (Wildman–Crippen MR) is 134 cm³/mol. The van der Waals surface area contributed by atoms with Crippen molar-refractivity contribution in [3.05, 3.63) is 88.9 Å². The van der Waals surface area contributed by atoms with E-state index in [-0.39, 0.29) is 18.9 Å². The van der Waals surface area contributed by atoms with Gasteiger partial charge in [0.2, 0.25) is 0 Å². The Kier molecular flexibility index (Phi) is 8.95. The molecule has 1 atom stereocenters. The molecule has 0 aliphatic heterocycles. The number of aliphatic carboxylic acids is 1. The quantitative estimate of drug-likeness (QED) is 0.308. The highest BCUT2D eigenvalue weighted by Crippen LogP contribution is 2.26. The van der Waals surface area contributed by atoms with Gasteiger partial charge < -0.3 is 15.2 Å². The van der Waals surface area contributed by atoms with E-state index in [1.165, 1.54) is 0 Å². The molecule has 3 aromatic carbocycles. The molecule has 0 saturated heterocycles. The van der Waals surface area contributed by atoms with Crippen LogP contribution in [-0.4, -0.2) is 34.9 Å². The predicted octanol–water partition coefficient (Wildman–Crippen LogP) is 6.08. The van der Waals surface area contributed by atoms with E-state index in [1.54, 1.807) is 60.7 Å². The summed E-state index contributed by atoms with van der Waals surface area (Å²) in [5.74, 6) is -1.31. The highest BCUT2D eigenvalue weighted by atomic mass is 35.5. The van der Waals surface area contributed by atoms with E-state index in [9.17, 15) is 19.5 Å². The first-order valence-electron chi connectivity index (χ1n) is 10.4. The number of hydrogen-bond acceptors (Lipinski definition) is 5. The van der Waals surface area contributed by atoms with Gasteiger partial charge in [-0.25, -0.2) is 4.79 Å². The summed E-state index contributed by atoms with van der Waals surface area (Å²) in [6.45, 7) is 1.89. The van der Waals surface area contributed by atoms with Gasteiger partial charge in [-0.15, -0.1) is 11.8 Å². The normalized spacial score (nSPS) is 11.4. The van der Waals surface area contributed by atoms with Crippen molar-refractivity contribution >= 4 is 52.7 Å². The Morgan fingerprint density at radius 2 is 1.50 bits per heavy atom. The molecule has 0 aliphatic rings. The van der Waals surface area contributed by atoms with Gasteiger partial charge in [0.25, 0.3) is 5.91 Å². The molecule has 9 heteroatoms. The van der Waals surface area contributed by atoms with Crippen molar-refractivity contribution in [2.45, 2.75) is 23.5 Å². The fourth-order valence-corrected chi connectivity index (χ4v) is 3.93. The minimum atomic E-state index is -1.02. The summed E-state index contributed by atoms with van der Waals surface area (Å²) < 4.78 is 5.12. The Labute approximate surface area is 206 Å². The van der Waals surface area contributed by atoms with Crippen LogP contribution in [0.4, 0.5) is 16.2 Å². The van der Waals surface area contributed by atoms with Crippen molar-refractivity contribution in [3.63, 3.8) is 0 Å². The van der Waals surface area contributed by atoms with Crippen LogP contribution >= 0.6 is 23.4 Å². The van der Waals surface area contributed by atoms with E-state index in [4.69, 9.17) is 16.3 Å². The van der Waals surface area contributed by atoms with Gasteiger partial charge in [0.15, 0.2) is 0 Å². The van der Waals surface area contributed by atoms with Gasteiger partial charge in [0, 0.05) is 33.3 Å². The van der Waals surface area contributed by atoms with Gasteiger partial charge in [-0.1, -0.05) is 29.3 Å². The molecule has 3 rings (SSSR count). The molecule has 176 valence electrons. The minimum absolute atomic E-state index is 0.0523. The van der Waals surface area contributed by atoms with Crippen LogP contribution < -0.4 is 10.6 Å². The van der Waals surface area contributed by atoms with E-state index in [2.05, 4.69) is 10.6 Å². The number of thioether (sulfide) groups is 1. The number of ether oxygens (including phenoxy) is 1. The van der Waals surface area contributed by atoms with Crippen LogP contribution in [0.1, 0.15) is 22.3 Å². The van der Waals surface area contributed by atoms with Crippen molar-refractivity contribution in [1.82, 2.24) is 0 Å². The summed E-state index contributed by atoms with van der Waals surface area (Å²) in [5, 5.41) is 14.7. The number of aryl methyl sites for hydroxylation is 1. The van der Waals surface area contributed by atoms with Gasteiger partial charge >= 0.3 is 12.1 Å². The molecule has 7 nitrogen and oxygen atoms in total. The summed E-state index contributed by atoms with van der Waals surface area (Å²) in [6, 6.07) is 20.6. The molecule has 0 saturated carbocycles. The van der Waals surface area contributed by atoms with Crippen LogP contribution in [0, 0.1) is 6.92 Å². The standard InChI is InChI=1S/C25H23ClN2O5S/c1-16-2-8-20(9-3-16)28-25(32)33-15-14-22(24(30)31)34-21-12-4-17(5-13-21)23(29)27-19-10-6-18(26)7-11-19/h2-13,22H,14-15H2,1H3,(H,27,29)(H,28,32)(H,30,31). The van der Waals surface area contributed by atoms with Crippen LogP contribution in [0.25, 0.3) is 0 Å². The molecule has 0 bridgehead atoms. The molecule has 3 N–H and O–H groups in total. The van der Waals surface area contributed by atoms with Gasteiger partial charge in [-0.2, -0.15) is 0 Å². The largest absolute Gasteiger partial charge is 0.480 e. The highest BCUT2D eigenvalue weighted by molar-refractivity contribution is 8.00. The Balaban J connectivity index is 1.49. The van der Waals surface area contributed by atoms with Crippen molar-refractivity contribution in [1.29, 1.82) is 0 Å². The molecule has 0 radical (unpaired) electrons. The van der Waals surface area contributed by atoms with E-state index >= 15 is 0 Å². The maximum absolute atomic E-state index is 12.4. The van der Waals surface area contributed by atoms with Gasteiger partial charge in [0.1, 0.15) is 5.25 Å². The SMILES string of the molecule is Cc1ccc(NC(=O)OCCC(Sc2ccc(C(=O)Nc3ccc(Cl)cc3)cc2)C(=O)O)cc1. The third-order valence-electron chi connectivity index (χ3n) is 4.68. The molecule has 1 unspecified atom stereocenters. The molecule has 0 aliphatic carbocycles. The second kappa shape index (κ2) is 12.1. The van der Waals surface area contributed by atoms with E-state index < -0.39 is 17.3 Å². The Morgan fingerprint density at radius 1 is 0.912 bits per heavy atom. The molecule has 0 spiro atoms. The Hall–Kier alpha value is -3.49. The maximum atomic E-state index is 12.4. The van der Waals surface area contributed by atoms with E-state index in [1.807, 2.05) is 19.1 Å². The molecular formula is C25H23ClN2O5S. The number of anilines is 2. The number of amides is 2. The number of rotatable bonds is 9. The first-order valence-corrected chi connectivity index (χ1v) is 11.6. The number of nitrogens with one attached hydrogen (secondary N) is 2. The topological polar surface area (TPSA) is 105 Å². The summed E-state index contributed by atoms with van der Waals surface area (Å²) in [4.78, 5) is 36.7. The minimum Gasteiger partial charge on any atom is -0.480 e. The Bertz CT molecular complexity index is 1140. The van der Waals surface area contributed by atoms with Crippen molar-refractivity contribution < 1.29 is 24.2 Å². The average molecular weight is 499 g/mol. The molecular weight excluding hydrogens is 476 g/mol. The first kappa shape index (κ1) is 25.1. The van der Waals surface area contributed by atoms with E-state index in [0.29, 0.717) is 26.9 Å². The molecule has 0 aromatic heterocycles. The van der Waals surface area contributed by atoms with Gasteiger partial charge in [0.05, 0.1) is 6.61 Å². The number of carbonyl (C=O) groups excluding carboxylic acids is 2. The lowest BCUT2D eigenvalue weighted by atomic mass is 10.2. The van der Waals surface area contributed by atoms with Crippen molar-refractivity contribution in [3.8, 4) is 0 Å². The summed E-state index contributed by atoms with van der Waals surface area (Å²) >= 11 is 6.97. The van der Waals surface area contributed by atoms with Crippen molar-refractivity contribution in [2.24, 2.45) is 0 Å². The lowest BCUT2D eigenvalue weighted by Gasteiger charge is -2.13. The van der Waals surface area contributed by atoms with E-state index in [0.717, 1.165) is 17.3 Å². The maximum Gasteiger partial charge on any atom is 0.411 e. The summed E-state index contributed by atoms with van der Waals surface area (Å²) in [7, 11) is 0. The van der Waals surface area contributed by atoms with Crippen LogP contribution in [0.15, 0.2) is 77.7 Å². The van der Waals surface area contributed by atoms with Gasteiger partial charge in [-0.3, -0.25) is 14.9 Å². The molecule has 0 fully saturated rings. The van der Waals surface area contributed by atoms with Crippen LogP contribution in [0.3, 0.4) is 0 Å². The van der Waals surface area contributed by atoms with Gasteiger partial charge in [-0.05, 0) is 67.6 Å². The monoisotopic (exact) mass is 498 g/mol. The second-order valence-electron chi connectivity index (χ2n) is 7.35. The lowest BCUT2D eigenvalue weighted by Crippen LogP contribution is -2.21. The molecule has 0 heterocycles. The van der Waals surface area contributed by atoms with Crippen LogP contribution in [0.2, 0.25) is 5.02 Å². The molecule has 34 heavy (non-hydrogen) atoms. The number of benzene rings is 3. The summed E-state index contributed by atoms with van der Waals surface area (Å²) in [5.41, 5.74) is 2.71. The zero-order valence-corrected chi connectivity index (χ0v) is 19.9. The average Bonchev–Trinajstić information content (AvgIpc) is 2.81. The molecule has 3 aromatic rings. The number of carbonyl (C=O) groups is 3. The van der Waals surface area contributed by atoms with Crippen LogP contribution in [0.5, 0.6) is 0 Å². The zero-order valence-electron chi connectivity index (χ0n) is 18.3. The van der Waals surface area contributed by atoms with Crippen LogP contribution in [-0.2, 0) is 9.53 Å². The fraction of sp³-hybridized carbons (Fsp3) is 0.160. The number of halogens is 1. The fourth-order valence-electron chi connectivity index (χ4n) is 2.87. The van der Waals surface area contributed by atoms with Crippen molar-refractivity contribution in [2.75, 3.05) is 17.2 Å². The Morgan fingerprint density at radius 3 is 2.12 bits per heavy atom.